The van der Waals surface area contributed by atoms with E-state index in [1.165, 1.54) is 26.5 Å². The first-order chi connectivity index (χ1) is 16.5. The SMILES string of the molecule is COC(=O)c1ccnc(OC2CCC(C)N(C(=O)c3ccc(OC)nc3-c3ncccn3)C2)c1. The minimum atomic E-state index is -0.469. The number of aromatic nitrogens is 4. The summed E-state index contributed by atoms with van der Waals surface area (Å²) in [6, 6.07) is 8.11. The number of pyridine rings is 2. The van der Waals surface area contributed by atoms with Crippen molar-refractivity contribution < 1.29 is 23.8 Å². The molecule has 1 aliphatic heterocycles. The lowest BCUT2D eigenvalue weighted by Crippen LogP contribution is -2.49. The molecule has 1 amide bonds. The first-order valence-corrected chi connectivity index (χ1v) is 10.8. The molecule has 0 aliphatic carbocycles. The van der Waals surface area contributed by atoms with Gasteiger partial charge in [0.1, 0.15) is 11.8 Å². The molecule has 0 saturated carbocycles. The molecule has 10 nitrogen and oxygen atoms in total. The van der Waals surface area contributed by atoms with E-state index in [0.29, 0.717) is 40.9 Å². The van der Waals surface area contributed by atoms with Crippen molar-refractivity contribution in [1.29, 1.82) is 0 Å². The minimum absolute atomic E-state index is 0.00615. The van der Waals surface area contributed by atoms with Crippen molar-refractivity contribution in [3.63, 3.8) is 0 Å². The number of amides is 1. The normalized spacial score (nSPS) is 17.7. The molecular formula is C24H25N5O5. The van der Waals surface area contributed by atoms with Gasteiger partial charge in [-0.1, -0.05) is 0 Å². The first kappa shape index (κ1) is 23.1. The maximum absolute atomic E-state index is 13.6. The second kappa shape index (κ2) is 10.2. The summed E-state index contributed by atoms with van der Waals surface area (Å²) in [5, 5.41) is 0. The molecule has 34 heavy (non-hydrogen) atoms. The Morgan fingerprint density at radius 1 is 1.00 bits per heavy atom. The van der Waals surface area contributed by atoms with Gasteiger partial charge in [0.05, 0.1) is 31.9 Å². The molecule has 4 rings (SSSR count). The van der Waals surface area contributed by atoms with Crippen LogP contribution >= 0.6 is 0 Å². The lowest BCUT2D eigenvalue weighted by atomic mass is 9.99. The van der Waals surface area contributed by atoms with Crippen molar-refractivity contribution in [3.8, 4) is 23.3 Å². The molecule has 1 saturated heterocycles. The zero-order valence-corrected chi connectivity index (χ0v) is 19.2. The number of carbonyl (C=O) groups excluding carboxylic acids is 2. The van der Waals surface area contributed by atoms with Crippen LogP contribution in [-0.2, 0) is 4.74 Å². The number of carbonyl (C=O) groups is 2. The first-order valence-electron chi connectivity index (χ1n) is 10.8. The Bertz CT molecular complexity index is 1170. The van der Waals surface area contributed by atoms with E-state index in [1.807, 2.05) is 6.92 Å². The van der Waals surface area contributed by atoms with Crippen molar-refractivity contribution in [1.82, 2.24) is 24.8 Å². The predicted octanol–water partition coefficient (Wildman–Crippen LogP) is 2.80. The van der Waals surface area contributed by atoms with Crippen LogP contribution < -0.4 is 9.47 Å². The summed E-state index contributed by atoms with van der Waals surface area (Å²) < 4.78 is 16.0. The fourth-order valence-corrected chi connectivity index (χ4v) is 3.82. The van der Waals surface area contributed by atoms with Gasteiger partial charge in [0.15, 0.2) is 5.82 Å². The van der Waals surface area contributed by atoms with Crippen LogP contribution in [0.3, 0.4) is 0 Å². The molecule has 3 aromatic rings. The molecule has 1 aliphatic rings. The second-order valence-corrected chi connectivity index (χ2v) is 7.82. The number of methoxy groups -OCH3 is 2. The molecule has 10 heteroatoms. The van der Waals surface area contributed by atoms with Crippen molar-refractivity contribution >= 4 is 11.9 Å². The van der Waals surface area contributed by atoms with E-state index in [9.17, 15) is 9.59 Å². The smallest absolute Gasteiger partial charge is 0.338 e. The van der Waals surface area contributed by atoms with Crippen LogP contribution in [0.1, 0.15) is 40.5 Å². The molecule has 0 radical (unpaired) electrons. The largest absolute Gasteiger partial charge is 0.481 e. The summed E-state index contributed by atoms with van der Waals surface area (Å²) in [4.78, 5) is 44.4. The molecule has 3 aromatic heterocycles. The Hall–Kier alpha value is -4.08. The topological polar surface area (TPSA) is 117 Å². The molecule has 176 valence electrons. The van der Waals surface area contributed by atoms with Gasteiger partial charge < -0.3 is 19.1 Å². The standard InChI is InChI=1S/C24H25N5O5/c1-15-5-6-17(34-20-13-16(9-12-25-20)24(31)33-3)14-29(15)23(30)18-7-8-19(32-2)28-21(18)22-26-10-4-11-27-22/h4,7-13,15,17H,5-6,14H2,1-3H3. The average molecular weight is 463 g/mol. The number of ether oxygens (including phenoxy) is 3. The Morgan fingerprint density at radius 3 is 2.53 bits per heavy atom. The highest BCUT2D eigenvalue weighted by Crippen LogP contribution is 2.27. The van der Waals surface area contributed by atoms with E-state index in [0.717, 1.165) is 12.8 Å². The Morgan fingerprint density at radius 2 is 1.79 bits per heavy atom. The number of rotatable bonds is 6. The molecule has 0 spiro atoms. The van der Waals surface area contributed by atoms with Crippen LogP contribution in [-0.4, -0.2) is 69.6 Å². The molecule has 0 bridgehead atoms. The summed E-state index contributed by atoms with van der Waals surface area (Å²) in [6.07, 6.45) is 5.88. The fourth-order valence-electron chi connectivity index (χ4n) is 3.82. The Kier molecular flexibility index (Phi) is 6.95. The summed E-state index contributed by atoms with van der Waals surface area (Å²) in [7, 11) is 2.83. The zero-order valence-electron chi connectivity index (χ0n) is 19.2. The lowest BCUT2D eigenvalue weighted by Gasteiger charge is -2.38. The molecule has 1 fully saturated rings. The number of esters is 1. The van der Waals surface area contributed by atoms with Crippen molar-refractivity contribution in [3.05, 3.63) is 60.0 Å². The van der Waals surface area contributed by atoms with Gasteiger partial charge in [0, 0.05) is 36.8 Å². The van der Waals surface area contributed by atoms with E-state index in [1.54, 1.807) is 41.6 Å². The van der Waals surface area contributed by atoms with Crippen LogP contribution in [0.25, 0.3) is 11.5 Å². The van der Waals surface area contributed by atoms with Crippen molar-refractivity contribution in [2.24, 2.45) is 0 Å². The Balaban J connectivity index is 1.57. The average Bonchev–Trinajstić information content (AvgIpc) is 2.89. The van der Waals surface area contributed by atoms with Gasteiger partial charge in [-0.15, -0.1) is 0 Å². The highest BCUT2D eigenvalue weighted by atomic mass is 16.5. The number of hydrogen-bond donors (Lipinski definition) is 0. The maximum atomic E-state index is 13.6. The molecular weight excluding hydrogens is 438 g/mol. The van der Waals surface area contributed by atoms with Crippen LogP contribution in [0.4, 0.5) is 0 Å². The van der Waals surface area contributed by atoms with Gasteiger partial charge in [-0.2, -0.15) is 0 Å². The van der Waals surface area contributed by atoms with Crippen molar-refractivity contribution in [2.45, 2.75) is 31.9 Å². The molecule has 2 unspecified atom stereocenters. The Labute approximate surface area is 196 Å². The van der Waals surface area contributed by atoms with Crippen LogP contribution in [0, 0.1) is 0 Å². The molecule has 4 heterocycles. The van der Waals surface area contributed by atoms with Crippen molar-refractivity contribution in [2.75, 3.05) is 20.8 Å². The minimum Gasteiger partial charge on any atom is -0.481 e. The third-order valence-electron chi connectivity index (χ3n) is 5.63. The zero-order chi connectivity index (χ0) is 24.1. The maximum Gasteiger partial charge on any atom is 0.338 e. The van der Waals surface area contributed by atoms with E-state index >= 15 is 0 Å². The van der Waals surface area contributed by atoms with Gasteiger partial charge in [-0.25, -0.2) is 24.7 Å². The second-order valence-electron chi connectivity index (χ2n) is 7.82. The highest BCUT2D eigenvalue weighted by molar-refractivity contribution is 5.99. The quantitative estimate of drug-likeness (QED) is 0.509. The molecule has 0 N–H and O–H groups in total. The van der Waals surface area contributed by atoms with Crippen LogP contribution in [0.5, 0.6) is 11.8 Å². The summed E-state index contributed by atoms with van der Waals surface area (Å²) in [5.41, 5.74) is 1.08. The highest BCUT2D eigenvalue weighted by Gasteiger charge is 2.33. The number of nitrogens with zero attached hydrogens (tertiary/aromatic N) is 5. The van der Waals surface area contributed by atoms with Gasteiger partial charge in [0.25, 0.3) is 5.91 Å². The number of hydrogen-bond acceptors (Lipinski definition) is 9. The van der Waals surface area contributed by atoms with E-state index in [4.69, 9.17) is 14.2 Å². The molecule has 2 atom stereocenters. The summed E-state index contributed by atoms with van der Waals surface area (Å²) in [6.45, 7) is 2.35. The monoisotopic (exact) mass is 463 g/mol. The predicted molar refractivity (Wildman–Crippen MR) is 122 cm³/mol. The van der Waals surface area contributed by atoms with Crippen LogP contribution in [0.15, 0.2) is 48.9 Å². The van der Waals surface area contributed by atoms with E-state index < -0.39 is 5.97 Å². The summed E-state index contributed by atoms with van der Waals surface area (Å²) >= 11 is 0. The van der Waals surface area contributed by atoms with E-state index in [-0.39, 0.29) is 18.1 Å². The molecule has 0 aromatic carbocycles. The van der Waals surface area contributed by atoms with Gasteiger partial charge in [-0.05, 0) is 38.0 Å². The van der Waals surface area contributed by atoms with Crippen LogP contribution in [0.2, 0.25) is 0 Å². The van der Waals surface area contributed by atoms with E-state index in [2.05, 4.69) is 19.9 Å². The number of piperidine rings is 1. The van der Waals surface area contributed by atoms with Gasteiger partial charge >= 0.3 is 5.97 Å². The summed E-state index contributed by atoms with van der Waals surface area (Å²) in [5.74, 6) is 0.340. The third kappa shape index (κ3) is 4.95. The van der Waals surface area contributed by atoms with Gasteiger partial charge in [-0.3, -0.25) is 4.79 Å². The number of likely N-dealkylation sites (tertiary alicyclic amines) is 1. The fraction of sp³-hybridized carbons (Fsp3) is 0.333. The lowest BCUT2D eigenvalue weighted by molar-refractivity contribution is 0.0372. The van der Waals surface area contributed by atoms with Gasteiger partial charge in [0.2, 0.25) is 11.8 Å². The third-order valence-corrected chi connectivity index (χ3v) is 5.63.